The van der Waals surface area contributed by atoms with E-state index in [1.54, 1.807) is 22.5 Å². The van der Waals surface area contributed by atoms with Crippen molar-refractivity contribution in [2.24, 2.45) is 5.92 Å². The molecular formula is C22H24N4O2S. The highest BCUT2D eigenvalue weighted by molar-refractivity contribution is 7.97. The molecule has 0 fully saturated rings. The Labute approximate surface area is 174 Å². The van der Waals surface area contributed by atoms with E-state index in [2.05, 4.69) is 15.7 Å². The maximum Gasteiger partial charge on any atom is 0.276 e. The van der Waals surface area contributed by atoms with E-state index >= 15 is 0 Å². The molecule has 1 aromatic heterocycles. The van der Waals surface area contributed by atoms with Crippen molar-refractivity contribution < 1.29 is 9.59 Å². The topological polar surface area (TPSA) is 76.0 Å². The molecule has 2 aromatic carbocycles. The molecule has 0 atom stereocenters. The molecular weight excluding hydrogens is 384 g/mol. The standard InChI is InChI=1S/C22H24N4O2S/c1-15(2)21(27)24-20-13-19(25-26(20)18-10-5-4-6-11-18)22(28)23-17-9-7-8-16(12-17)14-29-3/h4-13,15H,14H2,1-3H3,(H,23,28)(H,24,27). The Hall–Kier alpha value is -3.06. The summed E-state index contributed by atoms with van der Waals surface area (Å²) in [6, 6.07) is 18.7. The SMILES string of the molecule is CSCc1cccc(NC(=O)c2cc(NC(=O)C(C)C)n(-c3ccccc3)n2)c1. The Kier molecular flexibility index (Phi) is 6.72. The van der Waals surface area contributed by atoms with Gasteiger partial charge in [0, 0.05) is 23.4 Å². The molecule has 0 aliphatic rings. The van der Waals surface area contributed by atoms with Crippen LogP contribution in [0.1, 0.15) is 29.9 Å². The van der Waals surface area contributed by atoms with Crippen LogP contribution < -0.4 is 10.6 Å². The van der Waals surface area contributed by atoms with Crippen LogP contribution in [0, 0.1) is 5.92 Å². The third-order valence-electron chi connectivity index (χ3n) is 4.21. The number of anilines is 2. The highest BCUT2D eigenvalue weighted by Crippen LogP contribution is 2.20. The number of carbonyl (C=O) groups excluding carboxylic acids is 2. The minimum Gasteiger partial charge on any atom is -0.321 e. The zero-order valence-electron chi connectivity index (χ0n) is 16.7. The second-order valence-electron chi connectivity index (χ2n) is 6.89. The molecule has 29 heavy (non-hydrogen) atoms. The fraction of sp³-hybridized carbons (Fsp3) is 0.227. The van der Waals surface area contributed by atoms with Crippen molar-refractivity contribution in [1.82, 2.24) is 9.78 Å². The van der Waals surface area contributed by atoms with Crippen LogP contribution in [0.4, 0.5) is 11.5 Å². The molecule has 0 saturated carbocycles. The molecule has 0 aliphatic heterocycles. The highest BCUT2D eigenvalue weighted by Gasteiger charge is 2.18. The second-order valence-corrected chi connectivity index (χ2v) is 7.76. The van der Waals surface area contributed by atoms with E-state index in [1.165, 1.54) is 0 Å². The van der Waals surface area contributed by atoms with Crippen molar-refractivity contribution in [1.29, 1.82) is 0 Å². The molecule has 3 rings (SSSR count). The van der Waals surface area contributed by atoms with Gasteiger partial charge in [-0.2, -0.15) is 16.9 Å². The number of rotatable bonds is 7. The molecule has 7 heteroatoms. The van der Waals surface area contributed by atoms with E-state index in [9.17, 15) is 9.59 Å². The van der Waals surface area contributed by atoms with Crippen molar-refractivity contribution >= 4 is 35.1 Å². The normalized spacial score (nSPS) is 10.8. The fourth-order valence-corrected chi connectivity index (χ4v) is 3.23. The summed E-state index contributed by atoms with van der Waals surface area (Å²) in [6.45, 7) is 3.63. The first-order chi connectivity index (χ1) is 14.0. The summed E-state index contributed by atoms with van der Waals surface area (Å²) in [5.41, 5.74) is 2.83. The van der Waals surface area contributed by atoms with E-state index in [0.717, 1.165) is 17.0 Å². The van der Waals surface area contributed by atoms with Crippen molar-refractivity contribution in [2.45, 2.75) is 19.6 Å². The van der Waals surface area contributed by atoms with E-state index < -0.39 is 0 Å². The second kappa shape index (κ2) is 9.43. The third kappa shape index (κ3) is 5.26. The zero-order valence-corrected chi connectivity index (χ0v) is 17.5. The molecule has 2 N–H and O–H groups in total. The number of aromatic nitrogens is 2. The molecule has 0 radical (unpaired) electrons. The van der Waals surface area contributed by atoms with Crippen LogP contribution in [-0.4, -0.2) is 27.9 Å². The number of carbonyl (C=O) groups is 2. The van der Waals surface area contributed by atoms with Crippen molar-refractivity contribution in [3.8, 4) is 5.69 Å². The maximum absolute atomic E-state index is 12.8. The van der Waals surface area contributed by atoms with Gasteiger partial charge in [-0.1, -0.05) is 44.2 Å². The molecule has 1 heterocycles. The maximum atomic E-state index is 12.8. The smallest absolute Gasteiger partial charge is 0.276 e. The largest absolute Gasteiger partial charge is 0.321 e. The Bertz CT molecular complexity index is 999. The van der Waals surface area contributed by atoms with Gasteiger partial charge < -0.3 is 10.6 Å². The summed E-state index contributed by atoms with van der Waals surface area (Å²) in [5, 5.41) is 10.2. The molecule has 0 unspecified atom stereocenters. The van der Waals surface area contributed by atoms with Crippen molar-refractivity contribution in [2.75, 3.05) is 16.9 Å². The van der Waals surface area contributed by atoms with E-state index in [4.69, 9.17) is 0 Å². The Morgan fingerprint density at radius 2 is 1.79 bits per heavy atom. The lowest BCUT2D eigenvalue weighted by atomic mass is 10.2. The number of nitrogens with zero attached hydrogens (tertiary/aromatic N) is 2. The molecule has 2 amide bonds. The van der Waals surface area contributed by atoms with Gasteiger partial charge in [-0.3, -0.25) is 9.59 Å². The van der Waals surface area contributed by atoms with Crippen LogP contribution in [0.15, 0.2) is 60.7 Å². The molecule has 0 aliphatic carbocycles. The first kappa shape index (κ1) is 20.7. The molecule has 150 valence electrons. The zero-order chi connectivity index (χ0) is 20.8. The molecule has 0 spiro atoms. The number of amides is 2. The van der Waals surface area contributed by atoms with E-state index in [0.29, 0.717) is 11.5 Å². The quantitative estimate of drug-likeness (QED) is 0.600. The third-order valence-corrected chi connectivity index (χ3v) is 4.84. The Balaban J connectivity index is 1.89. The van der Waals surface area contributed by atoms with E-state index in [-0.39, 0.29) is 23.4 Å². The average Bonchev–Trinajstić information content (AvgIpc) is 3.13. The van der Waals surface area contributed by atoms with Gasteiger partial charge in [0.25, 0.3) is 5.91 Å². The monoisotopic (exact) mass is 408 g/mol. The van der Waals surface area contributed by atoms with Crippen LogP contribution in [0.5, 0.6) is 0 Å². The van der Waals surface area contributed by atoms with Crippen LogP contribution in [0.3, 0.4) is 0 Å². The number of hydrogen-bond donors (Lipinski definition) is 2. The highest BCUT2D eigenvalue weighted by atomic mass is 32.2. The predicted molar refractivity (Wildman–Crippen MR) is 119 cm³/mol. The van der Waals surface area contributed by atoms with Gasteiger partial charge in [0.2, 0.25) is 5.91 Å². The van der Waals surface area contributed by atoms with Gasteiger partial charge in [-0.15, -0.1) is 0 Å². The van der Waals surface area contributed by atoms with Gasteiger partial charge in [0.1, 0.15) is 5.82 Å². The van der Waals surface area contributed by atoms with Crippen LogP contribution in [0.2, 0.25) is 0 Å². The van der Waals surface area contributed by atoms with Crippen molar-refractivity contribution in [3.63, 3.8) is 0 Å². The molecule has 3 aromatic rings. The van der Waals surface area contributed by atoms with Crippen LogP contribution in [0.25, 0.3) is 5.69 Å². The lowest BCUT2D eigenvalue weighted by Crippen LogP contribution is -2.19. The average molecular weight is 409 g/mol. The van der Waals surface area contributed by atoms with Crippen LogP contribution >= 0.6 is 11.8 Å². The lowest BCUT2D eigenvalue weighted by Gasteiger charge is -2.10. The lowest BCUT2D eigenvalue weighted by molar-refractivity contribution is -0.118. The summed E-state index contributed by atoms with van der Waals surface area (Å²) < 4.78 is 1.57. The summed E-state index contributed by atoms with van der Waals surface area (Å²) in [4.78, 5) is 25.0. The number of hydrogen-bond acceptors (Lipinski definition) is 4. The Morgan fingerprint density at radius 1 is 1.03 bits per heavy atom. The summed E-state index contributed by atoms with van der Waals surface area (Å²) in [5.74, 6) is 0.666. The predicted octanol–water partition coefficient (Wildman–Crippen LogP) is 4.58. The van der Waals surface area contributed by atoms with E-state index in [1.807, 2.05) is 74.7 Å². The minimum absolute atomic E-state index is 0.140. The van der Waals surface area contributed by atoms with Crippen molar-refractivity contribution in [3.05, 3.63) is 71.9 Å². The van der Waals surface area contributed by atoms with Gasteiger partial charge in [0.15, 0.2) is 5.69 Å². The van der Waals surface area contributed by atoms with Gasteiger partial charge in [-0.25, -0.2) is 4.68 Å². The summed E-state index contributed by atoms with van der Waals surface area (Å²) in [6.07, 6.45) is 2.04. The summed E-state index contributed by atoms with van der Waals surface area (Å²) >= 11 is 1.72. The number of para-hydroxylation sites is 1. The molecule has 0 saturated heterocycles. The molecule has 6 nitrogen and oxygen atoms in total. The molecule has 0 bridgehead atoms. The minimum atomic E-state index is -0.332. The Morgan fingerprint density at radius 3 is 2.48 bits per heavy atom. The van der Waals surface area contributed by atoms with Crippen LogP contribution in [-0.2, 0) is 10.5 Å². The number of benzene rings is 2. The number of nitrogens with one attached hydrogen (secondary N) is 2. The first-order valence-electron chi connectivity index (χ1n) is 9.33. The van der Waals surface area contributed by atoms with Gasteiger partial charge in [0.05, 0.1) is 5.69 Å². The van der Waals surface area contributed by atoms with Gasteiger partial charge >= 0.3 is 0 Å². The van der Waals surface area contributed by atoms with Gasteiger partial charge in [-0.05, 0) is 36.1 Å². The number of thioether (sulfide) groups is 1. The fourth-order valence-electron chi connectivity index (χ4n) is 2.72. The summed E-state index contributed by atoms with van der Waals surface area (Å²) in [7, 11) is 0. The first-order valence-corrected chi connectivity index (χ1v) is 10.7.